The van der Waals surface area contributed by atoms with Crippen LogP contribution < -0.4 is 0 Å². The Morgan fingerprint density at radius 1 is 1.33 bits per heavy atom. The van der Waals surface area contributed by atoms with Gasteiger partial charge in [0.15, 0.2) is 5.82 Å². The molecule has 0 aliphatic carbocycles. The zero-order valence-electron chi connectivity index (χ0n) is 10.1. The van der Waals surface area contributed by atoms with E-state index in [2.05, 4.69) is 9.72 Å². The summed E-state index contributed by atoms with van der Waals surface area (Å²) in [5.41, 5.74) is 1.68. The fourth-order valence-corrected chi connectivity index (χ4v) is 1.70. The fourth-order valence-electron chi connectivity index (χ4n) is 1.70. The SMILES string of the molecule is COC(=O)c1ccnc(-c2cccc(C)c2)c1F. The second-order valence-electron chi connectivity index (χ2n) is 3.88. The average Bonchev–Trinajstić information content (AvgIpc) is 2.38. The average molecular weight is 245 g/mol. The maximum atomic E-state index is 14.2. The van der Waals surface area contributed by atoms with E-state index < -0.39 is 11.8 Å². The Morgan fingerprint density at radius 3 is 2.78 bits per heavy atom. The van der Waals surface area contributed by atoms with Crippen LogP contribution in [0.25, 0.3) is 11.3 Å². The first kappa shape index (κ1) is 12.2. The Labute approximate surface area is 104 Å². The second-order valence-corrected chi connectivity index (χ2v) is 3.88. The molecule has 92 valence electrons. The van der Waals surface area contributed by atoms with Crippen molar-refractivity contribution in [2.24, 2.45) is 0 Å². The quantitative estimate of drug-likeness (QED) is 0.763. The number of rotatable bonds is 2. The highest BCUT2D eigenvalue weighted by Crippen LogP contribution is 2.23. The molecule has 0 spiro atoms. The Hall–Kier alpha value is -2.23. The number of carbonyl (C=O) groups is 1. The first-order valence-electron chi connectivity index (χ1n) is 5.43. The molecule has 18 heavy (non-hydrogen) atoms. The smallest absolute Gasteiger partial charge is 0.340 e. The van der Waals surface area contributed by atoms with Gasteiger partial charge in [-0.1, -0.05) is 23.8 Å². The molecule has 1 heterocycles. The Bertz CT molecular complexity index is 596. The number of aromatic nitrogens is 1. The molecule has 2 aromatic rings. The molecule has 3 nitrogen and oxygen atoms in total. The molecular formula is C14H12FNO2. The number of hydrogen-bond acceptors (Lipinski definition) is 3. The highest BCUT2D eigenvalue weighted by atomic mass is 19.1. The zero-order valence-corrected chi connectivity index (χ0v) is 10.1. The molecule has 1 aromatic carbocycles. The minimum absolute atomic E-state index is 0.107. The highest BCUT2D eigenvalue weighted by molar-refractivity contribution is 5.90. The minimum Gasteiger partial charge on any atom is -0.465 e. The van der Waals surface area contributed by atoms with Crippen LogP contribution in [-0.2, 0) is 4.74 Å². The van der Waals surface area contributed by atoms with Gasteiger partial charge >= 0.3 is 5.97 Å². The third kappa shape index (κ3) is 2.22. The summed E-state index contributed by atoms with van der Waals surface area (Å²) in [6.07, 6.45) is 1.40. The molecule has 0 unspecified atom stereocenters. The van der Waals surface area contributed by atoms with Crippen LogP contribution in [0.4, 0.5) is 4.39 Å². The molecule has 1 aromatic heterocycles. The van der Waals surface area contributed by atoms with Crippen molar-refractivity contribution in [3.05, 3.63) is 53.5 Å². The van der Waals surface area contributed by atoms with Crippen LogP contribution in [0.1, 0.15) is 15.9 Å². The van der Waals surface area contributed by atoms with Gasteiger partial charge in [0.25, 0.3) is 0 Å². The lowest BCUT2D eigenvalue weighted by atomic mass is 10.1. The van der Waals surface area contributed by atoms with E-state index in [1.165, 1.54) is 19.4 Å². The van der Waals surface area contributed by atoms with Crippen molar-refractivity contribution >= 4 is 5.97 Å². The molecule has 2 rings (SSSR count). The molecule has 0 bridgehead atoms. The first-order chi connectivity index (χ1) is 8.63. The number of ether oxygens (including phenoxy) is 1. The molecule has 0 saturated heterocycles. The van der Waals surface area contributed by atoms with Crippen LogP contribution in [0.3, 0.4) is 0 Å². The van der Waals surface area contributed by atoms with Crippen LogP contribution in [-0.4, -0.2) is 18.1 Å². The van der Waals surface area contributed by atoms with Gasteiger partial charge < -0.3 is 4.74 Å². The summed E-state index contributed by atoms with van der Waals surface area (Å²) in [7, 11) is 1.22. The molecule has 0 fully saturated rings. The van der Waals surface area contributed by atoms with E-state index in [1.807, 2.05) is 25.1 Å². The summed E-state index contributed by atoms with van der Waals surface area (Å²) in [6, 6.07) is 8.59. The standard InChI is InChI=1S/C14H12FNO2/c1-9-4-3-5-10(8-9)13-12(15)11(6-7-16-13)14(17)18-2/h3-8H,1-2H3. The maximum Gasteiger partial charge on any atom is 0.340 e. The molecule has 0 saturated carbocycles. The van der Waals surface area contributed by atoms with Gasteiger partial charge in [0.2, 0.25) is 0 Å². The van der Waals surface area contributed by atoms with Crippen LogP contribution in [0.15, 0.2) is 36.5 Å². The van der Waals surface area contributed by atoms with E-state index in [0.29, 0.717) is 5.56 Å². The summed E-state index contributed by atoms with van der Waals surface area (Å²) in [5.74, 6) is -1.36. The van der Waals surface area contributed by atoms with Crippen molar-refractivity contribution in [1.29, 1.82) is 0 Å². The van der Waals surface area contributed by atoms with Crippen molar-refractivity contribution < 1.29 is 13.9 Å². The zero-order chi connectivity index (χ0) is 13.1. The lowest BCUT2D eigenvalue weighted by molar-refractivity contribution is 0.0595. The van der Waals surface area contributed by atoms with Crippen molar-refractivity contribution in [3.63, 3.8) is 0 Å². The van der Waals surface area contributed by atoms with Gasteiger partial charge in [-0.3, -0.25) is 4.98 Å². The maximum absolute atomic E-state index is 14.2. The van der Waals surface area contributed by atoms with Crippen molar-refractivity contribution in [1.82, 2.24) is 4.98 Å². The van der Waals surface area contributed by atoms with Crippen LogP contribution in [0.5, 0.6) is 0 Å². The van der Waals surface area contributed by atoms with Gasteiger partial charge in [-0.2, -0.15) is 0 Å². The van der Waals surface area contributed by atoms with Gasteiger partial charge in [-0.05, 0) is 19.1 Å². The summed E-state index contributed by atoms with van der Waals surface area (Å²) < 4.78 is 18.7. The van der Waals surface area contributed by atoms with Crippen molar-refractivity contribution in [3.8, 4) is 11.3 Å². The van der Waals surface area contributed by atoms with Crippen LogP contribution >= 0.6 is 0 Å². The predicted molar refractivity (Wildman–Crippen MR) is 65.7 cm³/mol. The Kier molecular flexibility index (Phi) is 3.37. The molecule has 0 aliphatic heterocycles. The summed E-state index contributed by atoms with van der Waals surface area (Å²) in [5, 5.41) is 0. The second kappa shape index (κ2) is 4.96. The fraction of sp³-hybridized carbons (Fsp3) is 0.143. The predicted octanol–water partition coefficient (Wildman–Crippen LogP) is 2.98. The minimum atomic E-state index is -0.705. The van der Waals surface area contributed by atoms with E-state index in [4.69, 9.17) is 0 Å². The molecule has 0 atom stereocenters. The number of nitrogens with zero attached hydrogens (tertiary/aromatic N) is 1. The van der Waals surface area contributed by atoms with Crippen LogP contribution in [0.2, 0.25) is 0 Å². The van der Waals surface area contributed by atoms with Gasteiger partial charge in [0.1, 0.15) is 5.69 Å². The first-order valence-corrected chi connectivity index (χ1v) is 5.43. The summed E-state index contributed by atoms with van der Waals surface area (Å²) in [6.45, 7) is 1.91. The number of hydrogen-bond donors (Lipinski definition) is 0. The Balaban J connectivity index is 2.56. The largest absolute Gasteiger partial charge is 0.465 e. The summed E-state index contributed by atoms with van der Waals surface area (Å²) in [4.78, 5) is 15.4. The number of benzene rings is 1. The highest BCUT2D eigenvalue weighted by Gasteiger charge is 2.17. The lowest BCUT2D eigenvalue weighted by Gasteiger charge is -2.06. The van der Waals surface area contributed by atoms with Crippen molar-refractivity contribution in [2.75, 3.05) is 7.11 Å². The number of methoxy groups -OCH3 is 1. The van der Waals surface area contributed by atoms with E-state index in [1.54, 1.807) is 6.07 Å². The molecule has 4 heteroatoms. The lowest BCUT2D eigenvalue weighted by Crippen LogP contribution is -2.06. The van der Waals surface area contributed by atoms with Crippen molar-refractivity contribution in [2.45, 2.75) is 6.92 Å². The van der Waals surface area contributed by atoms with Crippen LogP contribution in [0, 0.1) is 12.7 Å². The van der Waals surface area contributed by atoms with E-state index in [9.17, 15) is 9.18 Å². The molecule has 0 radical (unpaired) electrons. The van der Waals surface area contributed by atoms with Gasteiger partial charge in [0.05, 0.1) is 12.7 Å². The molecule has 0 N–H and O–H groups in total. The Morgan fingerprint density at radius 2 is 2.11 bits per heavy atom. The van der Waals surface area contributed by atoms with E-state index in [-0.39, 0.29) is 11.3 Å². The molecule has 0 amide bonds. The van der Waals surface area contributed by atoms with E-state index in [0.717, 1.165) is 5.56 Å². The van der Waals surface area contributed by atoms with Gasteiger partial charge in [-0.15, -0.1) is 0 Å². The number of halogens is 1. The monoisotopic (exact) mass is 245 g/mol. The summed E-state index contributed by atoms with van der Waals surface area (Å²) >= 11 is 0. The van der Waals surface area contributed by atoms with Gasteiger partial charge in [0, 0.05) is 11.8 Å². The van der Waals surface area contributed by atoms with E-state index >= 15 is 0 Å². The topological polar surface area (TPSA) is 39.2 Å². The third-order valence-corrected chi connectivity index (χ3v) is 2.59. The normalized spacial score (nSPS) is 10.2. The number of pyridine rings is 1. The number of aryl methyl sites for hydroxylation is 1. The molecular weight excluding hydrogens is 233 g/mol. The number of esters is 1. The third-order valence-electron chi connectivity index (χ3n) is 2.59. The van der Waals surface area contributed by atoms with Gasteiger partial charge in [-0.25, -0.2) is 9.18 Å². The molecule has 0 aliphatic rings. The number of carbonyl (C=O) groups excluding carboxylic acids is 1.